The van der Waals surface area contributed by atoms with Gasteiger partial charge in [0.25, 0.3) is 0 Å². The molecular weight excluding hydrogens is 537 g/mol. The Morgan fingerprint density at radius 1 is 0.279 bits per heavy atom. The van der Waals surface area contributed by atoms with E-state index in [1.165, 1.54) is 80.4 Å². The number of fused-ring (bicyclic) bond motifs is 9. The molecule has 8 aromatic carbocycles. The second kappa shape index (κ2) is 9.73. The zero-order valence-corrected chi connectivity index (χ0v) is 24.4. The minimum absolute atomic E-state index is 0.671. The number of hydrogen-bond acceptors (Lipinski definition) is 0. The Bertz CT molecular complexity index is 2310. The minimum Gasteiger partial charge on any atom is -0.172 e. The van der Waals surface area contributed by atoms with Crippen molar-refractivity contribution in [2.45, 2.75) is 14.7 Å². The number of rotatable bonds is 3. The molecule has 9 rings (SSSR count). The van der Waals surface area contributed by atoms with Crippen LogP contribution in [0.25, 0.3) is 65.7 Å². The molecule has 0 N–H and O–H groups in total. The number of hydrogen-bond donors (Lipinski definition) is 1. The Morgan fingerprint density at radius 3 is 1.58 bits per heavy atom. The first kappa shape index (κ1) is 24.5. The highest BCUT2D eigenvalue weighted by atomic mass is 32.2. The molecule has 0 spiro atoms. The van der Waals surface area contributed by atoms with Crippen molar-refractivity contribution in [3.05, 3.63) is 164 Å². The highest BCUT2D eigenvalue weighted by molar-refractivity contribution is 8.17. The van der Waals surface area contributed by atoms with Crippen molar-refractivity contribution in [1.29, 1.82) is 0 Å². The average molecular weight is 565 g/mol. The van der Waals surface area contributed by atoms with Gasteiger partial charge in [-0.1, -0.05) is 133 Å². The van der Waals surface area contributed by atoms with Crippen LogP contribution >= 0.6 is 10.9 Å². The van der Waals surface area contributed by atoms with Gasteiger partial charge >= 0.3 is 0 Å². The molecule has 0 aliphatic carbocycles. The van der Waals surface area contributed by atoms with E-state index in [1.54, 1.807) is 0 Å². The van der Waals surface area contributed by atoms with Crippen molar-refractivity contribution in [3.63, 3.8) is 0 Å². The summed E-state index contributed by atoms with van der Waals surface area (Å²) in [5.74, 6) is 0. The van der Waals surface area contributed by atoms with Gasteiger partial charge in [-0.05, 0) is 101 Å². The molecule has 202 valence electrons. The number of benzene rings is 8. The van der Waals surface area contributed by atoms with E-state index in [0.717, 1.165) is 0 Å². The maximum atomic E-state index is 2.44. The summed E-state index contributed by atoms with van der Waals surface area (Å²) in [7, 11) is -0.671. The second-order valence-corrected chi connectivity index (χ2v) is 13.5. The lowest BCUT2D eigenvalue weighted by molar-refractivity contribution is 1.39. The van der Waals surface area contributed by atoms with Gasteiger partial charge in [0.15, 0.2) is 0 Å². The topological polar surface area (TPSA) is 0 Å². The van der Waals surface area contributed by atoms with Gasteiger partial charge in [0.1, 0.15) is 0 Å². The van der Waals surface area contributed by atoms with Crippen molar-refractivity contribution >= 4 is 43.2 Å². The van der Waals surface area contributed by atoms with Crippen LogP contribution in [0.15, 0.2) is 178 Å². The molecule has 0 bridgehead atoms. The Balaban J connectivity index is 1.22. The number of thiol groups is 1. The van der Waals surface area contributed by atoms with E-state index in [2.05, 4.69) is 164 Å². The van der Waals surface area contributed by atoms with E-state index in [-0.39, 0.29) is 0 Å². The lowest BCUT2D eigenvalue weighted by Crippen LogP contribution is -1.88. The largest absolute Gasteiger partial charge is 0.172 e. The van der Waals surface area contributed by atoms with Crippen molar-refractivity contribution in [2.24, 2.45) is 0 Å². The lowest BCUT2D eigenvalue weighted by Gasteiger charge is -2.21. The summed E-state index contributed by atoms with van der Waals surface area (Å²) in [6.45, 7) is 0. The van der Waals surface area contributed by atoms with Crippen LogP contribution in [0.5, 0.6) is 0 Å². The quantitative estimate of drug-likeness (QED) is 0.160. The van der Waals surface area contributed by atoms with Gasteiger partial charge in [0.2, 0.25) is 0 Å². The van der Waals surface area contributed by atoms with E-state index in [4.69, 9.17) is 0 Å². The Hall–Kier alpha value is -5.11. The zero-order chi connectivity index (χ0) is 28.3. The second-order valence-electron chi connectivity index (χ2n) is 11.4. The van der Waals surface area contributed by atoms with E-state index in [0.29, 0.717) is 0 Å². The van der Waals surface area contributed by atoms with Crippen molar-refractivity contribution in [1.82, 2.24) is 0 Å². The van der Waals surface area contributed by atoms with E-state index in [1.807, 2.05) is 0 Å². The molecule has 1 aliphatic heterocycles. The fourth-order valence-corrected chi connectivity index (χ4v) is 9.66. The monoisotopic (exact) mass is 564 g/mol. The van der Waals surface area contributed by atoms with Crippen molar-refractivity contribution in [3.8, 4) is 33.4 Å². The molecule has 0 saturated carbocycles. The summed E-state index contributed by atoms with van der Waals surface area (Å²) in [6, 6.07) is 60.8. The smallest absolute Gasteiger partial charge is 0.00405 e. The molecule has 0 radical (unpaired) electrons. The van der Waals surface area contributed by atoms with Gasteiger partial charge in [-0.25, -0.2) is 0 Å². The SMILES string of the molecule is c1ccc(-c2ccc3c(c2)[SH](c2cccc(-c4ccc5c6ccccc6c6ccccc6c5c4)c2)c2ccccc2-3)cc1. The third kappa shape index (κ3) is 3.86. The summed E-state index contributed by atoms with van der Waals surface area (Å²) in [4.78, 5) is 4.30. The van der Waals surface area contributed by atoms with Gasteiger partial charge < -0.3 is 0 Å². The van der Waals surface area contributed by atoms with E-state index < -0.39 is 10.9 Å². The fourth-order valence-electron chi connectivity index (χ4n) is 6.97. The molecule has 0 nitrogen and oxygen atoms in total. The van der Waals surface area contributed by atoms with Gasteiger partial charge in [-0.3, -0.25) is 0 Å². The first-order valence-corrected chi connectivity index (χ1v) is 16.2. The Kier molecular flexibility index (Phi) is 5.54. The lowest BCUT2D eigenvalue weighted by atomic mass is 9.92. The van der Waals surface area contributed by atoms with Crippen molar-refractivity contribution in [2.75, 3.05) is 0 Å². The molecule has 8 aromatic rings. The van der Waals surface area contributed by atoms with Crippen LogP contribution in [0.4, 0.5) is 0 Å². The molecule has 0 fully saturated rings. The summed E-state index contributed by atoms with van der Waals surface area (Å²) in [6.07, 6.45) is 0. The maximum Gasteiger partial charge on any atom is 0.00405 e. The molecule has 0 aromatic heterocycles. The van der Waals surface area contributed by atoms with Crippen LogP contribution in [0.3, 0.4) is 0 Å². The van der Waals surface area contributed by atoms with Gasteiger partial charge in [-0.2, -0.15) is 10.9 Å². The first-order valence-electron chi connectivity index (χ1n) is 14.9. The molecule has 0 saturated heterocycles. The third-order valence-corrected chi connectivity index (χ3v) is 11.5. The Labute approximate surface area is 254 Å². The highest BCUT2D eigenvalue weighted by Crippen LogP contribution is 2.63. The van der Waals surface area contributed by atoms with Gasteiger partial charge in [0, 0.05) is 9.79 Å². The summed E-state index contributed by atoms with van der Waals surface area (Å²) >= 11 is 0. The molecule has 1 heteroatoms. The molecule has 43 heavy (non-hydrogen) atoms. The van der Waals surface area contributed by atoms with E-state index >= 15 is 0 Å². The first-order chi connectivity index (χ1) is 21.3. The normalized spacial score (nSPS) is 14.7. The maximum absolute atomic E-state index is 2.44. The molecule has 0 amide bonds. The standard InChI is InChI=1S/C42H28S/c1-2-11-28(12-3-1)31-22-24-39-38-19-8-9-20-41(38)43(42(39)27-31)32-14-10-13-29(25-32)30-21-23-37-35-17-5-4-15-33(35)34-16-6-7-18-36(34)40(37)26-30/h1-27,43H. The molecule has 1 aliphatic rings. The van der Waals surface area contributed by atoms with E-state index in [9.17, 15) is 0 Å². The van der Waals surface area contributed by atoms with Crippen LogP contribution in [-0.2, 0) is 0 Å². The summed E-state index contributed by atoms with van der Waals surface area (Å²) in [5, 5.41) is 7.88. The van der Waals surface area contributed by atoms with Gasteiger partial charge in [0.05, 0.1) is 0 Å². The van der Waals surface area contributed by atoms with Crippen LogP contribution in [0, 0.1) is 0 Å². The Morgan fingerprint density at radius 2 is 0.814 bits per heavy atom. The van der Waals surface area contributed by atoms with Crippen LogP contribution in [0.1, 0.15) is 0 Å². The zero-order valence-electron chi connectivity index (χ0n) is 23.5. The molecule has 1 unspecified atom stereocenters. The van der Waals surface area contributed by atoms with Crippen LogP contribution < -0.4 is 0 Å². The van der Waals surface area contributed by atoms with Crippen LogP contribution in [0.2, 0.25) is 0 Å². The van der Waals surface area contributed by atoms with Crippen LogP contribution in [-0.4, -0.2) is 0 Å². The molecular formula is C42H28S. The predicted octanol–water partition coefficient (Wildman–Crippen LogP) is 11.9. The highest BCUT2D eigenvalue weighted by Gasteiger charge is 2.27. The van der Waals surface area contributed by atoms with Crippen molar-refractivity contribution < 1.29 is 0 Å². The minimum atomic E-state index is -0.671. The average Bonchev–Trinajstić information content (AvgIpc) is 3.42. The summed E-state index contributed by atoms with van der Waals surface area (Å²) in [5.41, 5.74) is 7.82. The molecule has 1 atom stereocenters. The fraction of sp³-hybridized carbons (Fsp3) is 0. The third-order valence-electron chi connectivity index (χ3n) is 8.96. The summed E-state index contributed by atoms with van der Waals surface area (Å²) < 4.78 is 0. The predicted molar refractivity (Wildman–Crippen MR) is 185 cm³/mol. The van der Waals surface area contributed by atoms with Gasteiger partial charge in [-0.15, -0.1) is 0 Å². The molecule has 1 heterocycles.